The van der Waals surface area contributed by atoms with Crippen LogP contribution in [0, 0.1) is 11.3 Å². The van der Waals surface area contributed by atoms with Crippen LogP contribution in [0.4, 0.5) is 0 Å². The Bertz CT molecular complexity index is 705. The minimum absolute atomic E-state index is 0.397. The normalized spacial score (nSPS) is 19.2. The summed E-state index contributed by atoms with van der Waals surface area (Å²) in [7, 11) is 1.60. The number of hydrogen-bond acceptors (Lipinski definition) is 4. The maximum absolute atomic E-state index is 9.64. The van der Waals surface area contributed by atoms with Gasteiger partial charge in [-0.2, -0.15) is 5.26 Å². The van der Waals surface area contributed by atoms with E-state index >= 15 is 0 Å². The Labute approximate surface area is 116 Å². The van der Waals surface area contributed by atoms with Gasteiger partial charge < -0.3 is 14.6 Å². The topological polar surface area (TPSA) is 62.5 Å². The second-order valence-corrected chi connectivity index (χ2v) is 4.61. The molecule has 20 heavy (non-hydrogen) atoms. The van der Waals surface area contributed by atoms with Crippen molar-refractivity contribution in [2.24, 2.45) is 0 Å². The zero-order chi connectivity index (χ0) is 14.2. The van der Waals surface area contributed by atoms with Gasteiger partial charge in [0.25, 0.3) is 0 Å². The molecule has 2 aromatic rings. The highest BCUT2D eigenvalue weighted by Crippen LogP contribution is 2.46. The number of rotatable bonds is 2. The summed E-state index contributed by atoms with van der Waals surface area (Å²) >= 11 is 0. The average Bonchev–Trinajstić information content (AvgIpc) is 2.53. The second-order valence-electron chi connectivity index (χ2n) is 4.61. The van der Waals surface area contributed by atoms with Crippen LogP contribution in [0.3, 0.4) is 0 Å². The summed E-state index contributed by atoms with van der Waals surface area (Å²) in [6.07, 6.45) is 0. The highest BCUT2D eigenvalue weighted by Gasteiger charge is 2.40. The van der Waals surface area contributed by atoms with E-state index in [9.17, 15) is 10.4 Å². The Hall–Kier alpha value is -2.51. The molecule has 0 saturated carbocycles. The van der Waals surface area contributed by atoms with Gasteiger partial charge in [0.15, 0.2) is 0 Å². The minimum atomic E-state index is -1.35. The second kappa shape index (κ2) is 4.55. The third-order valence-electron chi connectivity index (χ3n) is 3.53. The fraction of sp³-hybridized carbons (Fsp3) is 0.188. The van der Waals surface area contributed by atoms with Crippen LogP contribution in [0.25, 0.3) is 11.1 Å². The van der Waals surface area contributed by atoms with Crippen molar-refractivity contribution in [2.45, 2.75) is 5.60 Å². The van der Waals surface area contributed by atoms with Crippen molar-refractivity contribution in [3.05, 3.63) is 48.0 Å². The number of aliphatic hydroxyl groups is 1. The molecule has 0 bridgehead atoms. The Morgan fingerprint density at radius 2 is 2.05 bits per heavy atom. The van der Waals surface area contributed by atoms with E-state index in [0.29, 0.717) is 11.3 Å². The van der Waals surface area contributed by atoms with Gasteiger partial charge in [0.05, 0.1) is 7.11 Å². The summed E-state index contributed by atoms with van der Waals surface area (Å²) in [5.74, 6) is 1.29. The standard InChI is InChI=1S/C16H13NO3/c1-19-11-6-7-15-13(8-11)12-4-2-3-5-14(12)16(9-17,10-18)20-15/h2-8,18H,10H2,1H3. The van der Waals surface area contributed by atoms with Crippen LogP contribution in [-0.2, 0) is 5.60 Å². The van der Waals surface area contributed by atoms with Crippen molar-refractivity contribution in [3.63, 3.8) is 0 Å². The van der Waals surface area contributed by atoms with E-state index in [1.165, 1.54) is 0 Å². The van der Waals surface area contributed by atoms with Gasteiger partial charge in [-0.1, -0.05) is 24.3 Å². The lowest BCUT2D eigenvalue weighted by Gasteiger charge is -2.33. The van der Waals surface area contributed by atoms with Crippen molar-refractivity contribution < 1.29 is 14.6 Å². The highest BCUT2D eigenvalue weighted by atomic mass is 16.5. The number of nitriles is 1. The fourth-order valence-corrected chi connectivity index (χ4v) is 2.48. The number of hydrogen-bond donors (Lipinski definition) is 1. The number of aliphatic hydroxyl groups excluding tert-OH is 1. The lowest BCUT2D eigenvalue weighted by molar-refractivity contribution is 0.0521. The molecule has 1 heterocycles. The molecule has 0 fully saturated rings. The first-order valence-corrected chi connectivity index (χ1v) is 6.23. The Kier molecular flexibility index (Phi) is 2.85. The molecule has 0 aromatic heterocycles. The molecule has 1 aliphatic heterocycles. The number of ether oxygens (including phenoxy) is 2. The Morgan fingerprint density at radius 3 is 2.75 bits per heavy atom. The summed E-state index contributed by atoms with van der Waals surface area (Å²) in [4.78, 5) is 0. The molecule has 4 heteroatoms. The molecule has 100 valence electrons. The smallest absolute Gasteiger partial charge is 0.242 e. The molecule has 1 atom stereocenters. The Morgan fingerprint density at radius 1 is 1.25 bits per heavy atom. The zero-order valence-corrected chi connectivity index (χ0v) is 11.0. The summed E-state index contributed by atoms with van der Waals surface area (Å²) < 4.78 is 11.0. The molecule has 4 nitrogen and oxygen atoms in total. The maximum Gasteiger partial charge on any atom is 0.242 e. The van der Waals surface area contributed by atoms with E-state index in [1.807, 2.05) is 24.3 Å². The molecule has 0 saturated heterocycles. The lowest BCUT2D eigenvalue weighted by atomic mass is 9.85. The average molecular weight is 267 g/mol. The van der Waals surface area contributed by atoms with Gasteiger partial charge in [-0.15, -0.1) is 0 Å². The highest BCUT2D eigenvalue weighted by molar-refractivity contribution is 5.78. The minimum Gasteiger partial charge on any atom is -0.497 e. The van der Waals surface area contributed by atoms with Crippen molar-refractivity contribution in [3.8, 4) is 28.7 Å². The van der Waals surface area contributed by atoms with Crippen molar-refractivity contribution in [2.75, 3.05) is 13.7 Å². The summed E-state index contributed by atoms with van der Waals surface area (Å²) in [6.45, 7) is -0.397. The van der Waals surface area contributed by atoms with Gasteiger partial charge in [0.2, 0.25) is 5.60 Å². The molecule has 1 aliphatic rings. The van der Waals surface area contributed by atoms with Crippen LogP contribution in [0.15, 0.2) is 42.5 Å². The van der Waals surface area contributed by atoms with Crippen LogP contribution in [0.2, 0.25) is 0 Å². The van der Waals surface area contributed by atoms with E-state index < -0.39 is 12.2 Å². The molecule has 1 unspecified atom stereocenters. The fourth-order valence-electron chi connectivity index (χ4n) is 2.48. The Balaban J connectivity index is 2.29. The quantitative estimate of drug-likeness (QED) is 0.908. The predicted octanol–water partition coefficient (Wildman–Crippen LogP) is 2.47. The third kappa shape index (κ3) is 1.64. The van der Waals surface area contributed by atoms with Crippen LogP contribution in [0.1, 0.15) is 5.56 Å². The largest absolute Gasteiger partial charge is 0.497 e. The van der Waals surface area contributed by atoms with E-state index in [2.05, 4.69) is 6.07 Å². The van der Waals surface area contributed by atoms with Crippen molar-refractivity contribution in [1.82, 2.24) is 0 Å². The van der Waals surface area contributed by atoms with Gasteiger partial charge in [-0.3, -0.25) is 0 Å². The van der Waals surface area contributed by atoms with E-state index in [0.717, 1.165) is 16.9 Å². The maximum atomic E-state index is 9.64. The number of nitrogens with zero attached hydrogens (tertiary/aromatic N) is 1. The summed E-state index contributed by atoms with van der Waals surface area (Å²) in [6, 6.07) is 14.9. The van der Waals surface area contributed by atoms with Gasteiger partial charge >= 0.3 is 0 Å². The third-order valence-corrected chi connectivity index (χ3v) is 3.53. The van der Waals surface area contributed by atoms with Crippen LogP contribution in [0.5, 0.6) is 11.5 Å². The summed E-state index contributed by atoms with van der Waals surface area (Å²) in [5, 5.41) is 19.1. The molecule has 0 spiro atoms. The molecule has 0 radical (unpaired) electrons. The zero-order valence-electron chi connectivity index (χ0n) is 11.0. The number of methoxy groups -OCH3 is 1. The van der Waals surface area contributed by atoms with Crippen molar-refractivity contribution >= 4 is 0 Å². The van der Waals surface area contributed by atoms with E-state index in [4.69, 9.17) is 9.47 Å². The molecule has 3 rings (SSSR count). The predicted molar refractivity (Wildman–Crippen MR) is 73.4 cm³/mol. The van der Waals surface area contributed by atoms with Gasteiger partial charge in [0, 0.05) is 11.1 Å². The van der Waals surface area contributed by atoms with E-state index in [1.54, 1.807) is 25.3 Å². The first-order chi connectivity index (χ1) is 9.74. The molecular formula is C16H13NO3. The summed E-state index contributed by atoms with van der Waals surface area (Å²) in [5.41, 5.74) is 1.06. The SMILES string of the molecule is COc1ccc2c(c1)-c1ccccc1C(C#N)(CO)O2. The monoisotopic (exact) mass is 267 g/mol. The van der Waals surface area contributed by atoms with Gasteiger partial charge in [0.1, 0.15) is 24.2 Å². The molecule has 2 aromatic carbocycles. The van der Waals surface area contributed by atoms with Crippen molar-refractivity contribution in [1.29, 1.82) is 5.26 Å². The van der Waals surface area contributed by atoms with E-state index in [-0.39, 0.29) is 0 Å². The number of benzene rings is 2. The number of fused-ring (bicyclic) bond motifs is 3. The molecule has 0 aliphatic carbocycles. The molecule has 0 amide bonds. The first kappa shape index (κ1) is 12.5. The first-order valence-electron chi connectivity index (χ1n) is 6.23. The van der Waals surface area contributed by atoms with Gasteiger partial charge in [-0.25, -0.2) is 0 Å². The molecular weight excluding hydrogens is 254 g/mol. The van der Waals surface area contributed by atoms with Crippen LogP contribution < -0.4 is 9.47 Å². The van der Waals surface area contributed by atoms with Gasteiger partial charge in [-0.05, 0) is 23.8 Å². The van der Waals surface area contributed by atoms with Crippen LogP contribution >= 0.6 is 0 Å². The molecule has 1 N–H and O–H groups in total. The lowest BCUT2D eigenvalue weighted by Crippen LogP contribution is -2.38. The van der Waals surface area contributed by atoms with Crippen LogP contribution in [-0.4, -0.2) is 18.8 Å².